The molecule has 0 spiro atoms. The van der Waals surface area contributed by atoms with Crippen LogP contribution >= 0.6 is 11.8 Å². The van der Waals surface area contributed by atoms with Gasteiger partial charge in [0.1, 0.15) is 15.9 Å². The fourth-order valence-electron chi connectivity index (χ4n) is 1.84. The number of nitrogens with one attached hydrogen (secondary N) is 1. The van der Waals surface area contributed by atoms with E-state index in [4.69, 9.17) is 0 Å². The Kier molecular flexibility index (Phi) is 4.12. The summed E-state index contributed by atoms with van der Waals surface area (Å²) in [4.78, 5) is 13.4. The summed E-state index contributed by atoms with van der Waals surface area (Å²) in [6.45, 7) is 0. The van der Waals surface area contributed by atoms with E-state index in [1.54, 1.807) is 6.20 Å². The zero-order valence-corrected chi connectivity index (χ0v) is 12.3. The third-order valence-corrected chi connectivity index (χ3v) is 3.71. The van der Waals surface area contributed by atoms with Crippen LogP contribution in [0.2, 0.25) is 0 Å². The summed E-state index contributed by atoms with van der Waals surface area (Å²) < 4.78 is 0. The maximum absolute atomic E-state index is 4.62. The van der Waals surface area contributed by atoms with Gasteiger partial charge in [-0.3, -0.25) is 0 Å². The molecular formula is C16H14N4S. The Morgan fingerprint density at radius 2 is 1.71 bits per heavy atom. The number of hydrogen-bond acceptors (Lipinski definition) is 5. The Bertz CT molecular complexity index is 717. The normalized spacial score (nSPS) is 10.3. The van der Waals surface area contributed by atoms with Gasteiger partial charge in [-0.25, -0.2) is 15.0 Å². The first-order valence-corrected chi connectivity index (χ1v) is 7.38. The molecular weight excluding hydrogens is 280 g/mol. The molecule has 0 saturated heterocycles. The topological polar surface area (TPSA) is 50.7 Å². The molecule has 4 nitrogen and oxygen atoms in total. The molecule has 3 aromatic rings. The number of anilines is 1. The fourth-order valence-corrected chi connectivity index (χ4v) is 2.61. The molecule has 0 atom stereocenters. The lowest BCUT2D eigenvalue weighted by molar-refractivity contribution is 1.04. The minimum absolute atomic E-state index is 0.709. The maximum Gasteiger partial charge on any atom is 0.162 e. The van der Waals surface area contributed by atoms with Crippen LogP contribution in [-0.2, 0) is 0 Å². The van der Waals surface area contributed by atoms with Crippen molar-refractivity contribution in [3.8, 4) is 11.4 Å². The molecule has 3 rings (SSSR count). The summed E-state index contributed by atoms with van der Waals surface area (Å²) in [6, 6.07) is 17.7. The van der Waals surface area contributed by atoms with Crippen LogP contribution in [0, 0.1) is 0 Å². The van der Waals surface area contributed by atoms with Gasteiger partial charge in [-0.2, -0.15) is 0 Å². The number of pyridine rings is 1. The van der Waals surface area contributed by atoms with Gasteiger partial charge in [-0.05, 0) is 23.9 Å². The van der Waals surface area contributed by atoms with E-state index in [-0.39, 0.29) is 0 Å². The molecule has 1 aromatic carbocycles. The van der Waals surface area contributed by atoms with Crippen molar-refractivity contribution in [1.82, 2.24) is 15.0 Å². The second kappa shape index (κ2) is 6.37. The molecule has 0 amide bonds. The maximum atomic E-state index is 4.62. The van der Waals surface area contributed by atoms with Gasteiger partial charge >= 0.3 is 0 Å². The summed E-state index contributed by atoms with van der Waals surface area (Å²) in [5, 5.41) is 4.86. The molecule has 5 heteroatoms. The highest BCUT2D eigenvalue weighted by Crippen LogP contribution is 2.27. The van der Waals surface area contributed by atoms with Gasteiger partial charge in [-0.15, -0.1) is 0 Å². The summed E-state index contributed by atoms with van der Waals surface area (Å²) in [6.07, 6.45) is 1.78. The molecule has 0 aliphatic rings. The lowest BCUT2D eigenvalue weighted by atomic mass is 10.2. The lowest BCUT2D eigenvalue weighted by Crippen LogP contribution is -1.98. The first-order valence-electron chi connectivity index (χ1n) is 6.56. The molecule has 104 valence electrons. The fraction of sp³-hybridized carbons (Fsp3) is 0.0625. The average Bonchev–Trinajstić information content (AvgIpc) is 2.56. The number of hydrogen-bond donors (Lipinski definition) is 1. The quantitative estimate of drug-likeness (QED) is 0.743. The summed E-state index contributed by atoms with van der Waals surface area (Å²) in [5.74, 6) is 1.50. The van der Waals surface area contributed by atoms with Crippen molar-refractivity contribution in [2.45, 2.75) is 10.1 Å². The summed E-state index contributed by atoms with van der Waals surface area (Å²) >= 11 is 1.52. The standard InChI is InChI=1S/C16H14N4S/c1-17-13-11-15(21-14-9-5-6-10-18-14)20-16(19-13)12-7-3-2-4-8-12/h2-11H,1H3,(H,17,19,20). The predicted octanol–water partition coefficient (Wildman–Crippen LogP) is 3.73. The zero-order valence-electron chi connectivity index (χ0n) is 11.5. The zero-order chi connectivity index (χ0) is 14.5. The van der Waals surface area contributed by atoms with Crippen LogP contribution in [0.3, 0.4) is 0 Å². The first-order chi connectivity index (χ1) is 10.3. The molecule has 1 N–H and O–H groups in total. The van der Waals surface area contributed by atoms with E-state index in [2.05, 4.69) is 20.3 Å². The van der Waals surface area contributed by atoms with Crippen LogP contribution in [-0.4, -0.2) is 22.0 Å². The third-order valence-electron chi connectivity index (χ3n) is 2.84. The van der Waals surface area contributed by atoms with Gasteiger partial charge < -0.3 is 5.32 Å². The van der Waals surface area contributed by atoms with Crippen LogP contribution in [0.15, 0.2) is 70.8 Å². The van der Waals surface area contributed by atoms with Gasteiger partial charge in [-0.1, -0.05) is 36.4 Å². The first kappa shape index (κ1) is 13.6. The SMILES string of the molecule is CNc1cc(Sc2ccccn2)nc(-c2ccccc2)n1. The van der Waals surface area contributed by atoms with Crippen LogP contribution in [0.25, 0.3) is 11.4 Å². The second-order valence-corrected chi connectivity index (χ2v) is 5.34. The Labute approximate surface area is 127 Å². The van der Waals surface area contributed by atoms with Crippen molar-refractivity contribution < 1.29 is 0 Å². The van der Waals surface area contributed by atoms with Gasteiger partial charge in [0, 0.05) is 24.9 Å². The minimum atomic E-state index is 0.709. The lowest BCUT2D eigenvalue weighted by Gasteiger charge is -2.07. The van der Waals surface area contributed by atoms with E-state index in [0.29, 0.717) is 5.82 Å². The number of aromatic nitrogens is 3. The smallest absolute Gasteiger partial charge is 0.162 e. The average molecular weight is 294 g/mol. The molecule has 0 fully saturated rings. The number of benzene rings is 1. The van der Waals surface area contributed by atoms with Crippen LogP contribution in [0.4, 0.5) is 5.82 Å². The van der Waals surface area contributed by atoms with Crippen molar-refractivity contribution in [2.24, 2.45) is 0 Å². The van der Waals surface area contributed by atoms with E-state index in [9.17, 15) is 0 Å². The Morgan fingerprint density at radius 3 is 2.43 bits per heavy atom. The molecule has 0 radical (unpaired) electrons. The molecule has 0 aliphatic carbocycles. The Morgan fingerprint density at radius 1 is 0.905 bits per heavy atom. The van der Waals surface area contributed by atoms with Crippen molar-refractivity contribution in [2.75, 3.05) is 12.4 Å². The van der Waals surface area contributed by atoms with Gasteiger partial charge in [0.15, 0.2) is 5.82 Å². The Balaban J connectivity index is 1.98. The highest BCUT2D eigenvalue weighted by atomic mass is 32.2. The van der Waals surface area contributed by atoms with Crippen molar-refractivity contribution >= 4 is 17.6 Å². The van der Waals surface area contributed by atoms with Crippen LogP contribution in [0.1, 0.15) is 0 Å². The van der Waals surface area contributed by atoms with Crippen LogP contribution < -0.4 is 5.32 Å². The second-order valence-electron chi connectivity index (χ2n) is 4.30. The minimum Gasteiger partial charge on any atom is -0.373 e. The molecule has 2 aromatic heterocycles. The number of nitrogens with zero attached hydrogens (tertiary/aromatic N) is 3. The van der Waals surface area contributed by atoms with Crippen molar-refractivity contribution in [3.63, 3.8) is 0 Å². The van der Waals surface area contributed by atoms with E-state index < -0.39 is 0 Å². The highest BCUT2D eigenvalue weighted by Gasteiger charge is 2.07. The van der Waals surface area contributed by atoms with Gasteiger partial charge in [0.05, 0.1) is 0 Å². The van der Waals surface area contributed by atoms with E-state index >= 15 is 0 Å². The van der Waals surface area contributed by atoms with Crippen molar-refractivity contribution in [1.29, 1.82) is 0 Å². The monoisotopic (exact) mass is 294 g/mol. The predicted molar refractivity (Wildman–Crippen MR) is 85.4 cm³/mol. The molecule has 2 heterocycles. The van der Waals surface area contributed by atoms with Crippen molar-refractivity contribution in [3.05, 3.63) is 60.8 Å². The largest absolute Gasteiger partial charge is 0.373 e. The van der Waals surface area contributed by atoms with E-state index in [1.165, 1.54) is 11.8 Å². The molecule has 0 saturated carbocycles. The van der Waals surface area contributed by atoms with Gasteiger partial charge in [0.25, 0.3) is 0 Å². The molecule has 0 aliphatic heterocycles. The third kappa shape index (κ3) is 3.38. The Hall–Kier alpha value is -2.40. The van der Waals surface area contributed by atoms with E-state index in [0.717, 1.165) is 21.4 Å². The van der Waals surface area contributed by atoms with Crippen LogP contribution in [0.5, 0.6) is 0 Å². The highest BCUT2D eigenvalue weighted by molar-refractivity contribution is 7.99. The molecule has 0 bridgehead atoms. The summed E-state index contributed by atoms with van der Waals surface area (Å²) in [5.41, 5.74) is 0.998. The van der Waals surface area contributed by atoms with Gasteiger partial charge in [0.2, 0.25) is 0 Å². The van der Waals surface area contributed by atoms with E-state index in [1.807, 2.05) is 61.6 Å². The molecule has 21 heavy (non-hydrogen) atoms. The summed E-state index contributed by atoms with van der Waals surface area (Å²) in [7, 11) is 1.85. The molecule has 0 unspecified atom stereocenters. The number of rotatable bonds is 4.